The number of thiazole rings is 1. The molecule has 7 rings (SSSR count). The minimum absolute atomic E-state index is 0.0178. The van der Waals surface area contributed by atoms with E-state index in [2.05, 4.69) is 11.4 Å². The van der Waals surface area contributed by atoms with Gasteiger partial charge in [0, 0.05) is 6.54 Å². The number of fused-ring (bicyclic) bond motifs is 1. The number of rotatable bonds is 3. The minimum atomic E-state index is -0.843. The largest absolute Gasteiger partial charge is 0.465 e. The van der Waals surface area contributed by atoms with Crippen molar-refractivity contribution in [2.24, 2.45) is 23.7 Å². The average Bonchev–Trinajstić information content (AvgIpc) is 3.30. The first-order chi connectivity index (χ1) is 14.9. The highest BCUT2D eigenvalue weighted by Gasteiger charge is 2.59. The van der Waals surface area contributed by atoms with E-state index >= 15 is 0 Å². The van der Waals surface area contributed by atoms with Gasteiger partial charge in [-0.05, 0) is 80.4 Å². The first kappa shape index (κ1) is 19.3. The normalized spacial score (nSPS) is 38.5. The van der Waals surface area contributed by atoms with E-state index in [4.69, 9.17) is 10.2 Å². The van der Waals surface area contributed by atoms with E-state index in [1.165, 1.54) is 11.3 Å². The molecule has 7 nitrogen and oxygen atoms in total. The molecule has 2 aromatic rings. The summed E-state index contributed by atoms with van der Waals surface area (Å²) in [5.41, 5.74) is 0.951. The monoisotopic (exact) mass is 438 g/mol. The van der Waals surface area contributed by atoms with Gasteiger partial charge in [-0.3, -0.25) is 0 Å². The molecule has 5 unspecified atom stereocenters. The summed E-state index contributed by atoms with van der Waals surface area (Å²) in [6.45, 7) is 0.533. The van der Waals surface area contributed by atoms with Crippen LogP contribution in [0.15, 0.2) is 18.2 Å². The molecule has 1 aromatic carbocycles. The predicted octanol–water partition coefficient (Wildman–Crippen LogP) is 3.89. The smallest absolute Gasteiger partial charge is 0.407 e. The second-order valence-electron chi connectivity index (χ2n) is 10.1. The van der Waals surface area contributed by atoms with Crippen molar-refractivity contribution in [3.8, 4) is 6.07 Å². The van der Waals surface area contributed by atoms with E-state index in [1.807, 2.05) is 12.1 Å². The summed E-state index contributed by atoms with van der Waals surface area (Å²) in [6, 6.07) is 7.59. The maximum Gasteiger partial charge on any atom is 0.407 e. The molecule has 1 amide bonds. The number of likely N-dealkylation sites (tertiary alicyclic amines) is 1. The van der Waals surface area contributed by atoms with Crippen molar-refractivity contribution >= 4 is 32.8 Å². The van der Waals surface area contributed by atoms with Crippen molar-refractivity contribution < 1.29 is 15.0 Å². The quantitative estimate of drug-likeness (QED) is 0.671. The molecule has 1 aliphatic heterocycles. The highest BCUT2D eigenvalue weighted by molar-refractivity contribution is 7.22. The molecule has 2 heterocycles. The maximum atomic E-state index is 12.1. The van der Waals surface area contributed by atoms with Crippen LogP contribution in [0.4, 0.5) is 9.93 Å². The number of anilines is 1. The lowest BCUT2D eigenvalue weighted by Crippen LogP contribution is -2.61. The summed E-state index contributed by atoms with van der Waals surface area (Å²) in [4.78, 5) is 18.5. The molecule has 7 atom stereocenters. The second kappa shape index (κ2) is 6.81. The number of carbonyl (C=O) groups is 1. The number of nitrogens with one attached hydrogen (secondary N) is 1. The molecule has 8 heteroatoms. The van der Waals surface area contributed by atoms with E-state index in [0.717, 1.165) is 53.9 Å². The Kier molecular flexibility index (Phi) is 4.25. The minimum Gasteiger partial charge on any atom is -0.465 e. The van der Waals surface area contributed by atoms with Crippen LogP contribution in [0.1, 0.15) is 44.1 Å². The Bertz CT molecular complexity index is 1080. The van der Waals surface area contributed by atoms with Crippen LogP contribution in [-0.2, 0) is 0 Å². The number of aromatic nitrogens is 1. The standard InChI is InChI=1S/C23H26N4O3S/c24-11-12-1-2-16-18(7-12)31-21(25-16)26-17-3-4-27(22(28)29)20(17)19-14-5-13-6-15(19)10-23(30,8-13)9-14/h1-2,7,13-15,17,19-20,30H,3-6,8-10H2,(H,25,26)(H,28,29)/t13?,14-,15?,17?,19?,20-,23?/m0/s1. The van der Waals surface area contributed by atoms with Crippen molar-refractivity contribution in [3.63, 3.8) is 0 Å². The highest BCUT2D eigenvalue weighted by atomic mass is 32.1. The van der Waals surface area contributed by atoms with Crippen LogP contribution in [-0.4, -0.2) is 50.4 Å². The zero-order valence-corrected chi connectivity index (χ0v) is 18.0. The molecular formula is C23H26N4O3S. The fraction of sp³-hybridized carbons (Fsp3) is 0.609. The maximum absolute atomic E-state index is 12.1. The molecule has 3 N–H and O–H groups in total. The molecule has 4 bridgehead atoms. The van der Waals surface area contributed by atoms with Gasteiger partial charge in [-0.1, -0.05) is 11.3 Å². The molecule has 0 spiro atoms. The summed E-state index contributed by atoms with van der Waals surface area (Å²) in [7, 11) is 0. The third kappa shape index (κ3) is 3.09. The van der Waals surface area contributed by atoms with Gasteiger partial charge in [0.05, 0.1) is 39.5 Å². The summed E-state index contributed by atoms with van der Waals surface area (Å²) < 4.78 is 0.961. The van der Waals surface area contributed by atoms with E-state index < -0.39 is 11.7 Å². The zero-order chi connectivity index (χ0) is 21.3. The third-order valence-corrected chi connectivity index (χ3v) is 9.18. The Hall–Kier alpha value is -2.37. The Balaban J connectivity index is 1.30. The first-order valence-electron chi connectivity index (χ1n) is 11.2. The molecule has 5 fully saturated rings. The van der Waals surface area contributed by atoms with Crippen molar-refractivity contribution in [3.05, 3.63) is 23.8 Å². The lowest BCUT2D eigenvalue weighted by molar-refractivity contribution is -0.162. The lowest BCUT2D eigenvalue weighted by Gasteiger charge is -2.60. The average molecular weight is 439 g/mol. The number of benzene rings is 1. The van der Waals surface area contributed by atoms with Gasteiger partial charge in [0.15, 0.2) is 5.13 Å². The van der Waals surface area contributed by atoms with Gasteiger partial charge >= 0.3 is 6.09 Å². The lowest BCUT2D eigenvalue weighted by atomic mass is 9.48. The van der Waals surface area contributed by atoms with Gasteiger partial charge < -0.3 is 20.4 Å². The number of hydrogen-bond donors (Lipinski definition) is 3. The Morgan fingerprint density at radius 2 is 2.06 bits per heavy atom. The van der Waals surface area contributed by atoms with Crippen molar-refractivity contribution in [2.75, 3.05) is 11.9 Å². The Morgan fingerprint density at radius 1 is 1.29 bits per heavy atom. The summed E-state index contributed by atoms with van der Waals surface area (Å²) in [5, 5.41) is 34.5. The van der Waals surface area contributed by atoms with Crippen LogP contribution in [0.2, 0.25) is 0 Å². The van der Waals surface area contributed by atoms with Crippen molar-refractivity contribution in [2.45, 2.75) is 56.2 Å². The van der Waals surface area contributed by atoms with Crippen LogP contribution in [0, 0.1) is 35.0 Å². The molecule has 4 saturated carbocycles. The molecule has 1 saturated heterocycles. The molecular weight excluding hydrogens is 412 g/mol. The highest BCUT2D eigenvalue weighted by Crippen LogP contribution is 2.60. The van der Waals surface area contributed by atoms with E-state index in [0.29, 0.717) is 35.8 Å². The van der Waals surface area contributed by atoms with E-state index in [-0.39, 0.29) is 12.1 Å². The Labute approximate surface area is 184 Å². The molecule has 1 aromatic heterocycles. The van der Waals surface area contributed by atoms with Gasteiger partial charge in [0.1, 0.15) is 0 Å². The number of amides is 1. The van der Waals surface area contributed by atoms with Crippen LogP contribution < -0.4 is 5.32 Å². The van der Waals surface area contributed by atoms with Gasteiger partial charge in [-0.2, -0.15) is 5.26 Å². The number of hydrogen-bond acceptors (Lipinski definition) is 6. The first-order valence-corrected chi connectivity index (χ1v) is 12.0. The number of nitriles is 1. The Morgan fingerprint density at radius 3 is 2.74 bits per heavy atom. The van der Waals surface area contributed by atoms with Crippen LogP contribution in [0.25, 0.3) is 10.2 Å². The summed E-state index contributed by atoms with van der Waals surface area (Å²) in [5.74, 6) is 1.70. The van der Waals surface area contributed by atoms with E-state index in [1.54, 1.807) is 11.0 Å². The molecule has 5 aliphatic rings. The topological polar surface area (TPSA) is 109 Å². The number of carboxylic acid groups (broad SMARTS) is 1. The van der Waals surface area contributed by atoms with Gasteiger partial charge in [0.25, 0.3) is 0 Å². The SMILES string of the molecule is N#Cc1ccc2nc(NC3CCN(C(=O)O)[C@@H]3C3C4CC5C[C@H]3CC(O)(C5)C4)sc2c1. The molecule has 0 radical (unpaired) electrons. The zero-order valence-electron chi connectivity index (χ0n) is 17.2. The third-order valence-electron chi connectivity index (χ3n) is 8.23. The van der Waals surface area contributed by atoms with Crippen molar-refractivity contribution in [1.82, 2.24) is 9.88 Å². The fourth-order valence-corrected chi connectivity index (χ4v) is 8.43. The fourth-order valence-electron chi connectivity index (χ4n) is 7.46. The van der Waals surface area contributed by atoms with E-state index in [9.17, 15) is 15.0 Å². The van der Waals surface area contributed by atoms with Crippen molar-refractivity contribution in [1.29, 1.82) is 5.26 Å². The van der Waals surface area contributed by atoms with Gasteiger partial charge in [0.2, 0.25) is 0 Å². The van der Waals surface area contributed by atoms with Gasteiger partial charge in [-0.15, -0.1) is 0 Å². The second-order valence-corrected chi connectivity index (χ2v) is 11.1. The number of aliphatic hydroxyl groups is 1. The van der Waals surface area contributed by atoms with Crippen LogP contribution >= 0.6 is 11.3 Å². The van der Waals surface area contributed by atoms with Gasteiger partial charge in [-0.25, -0.2) is 9.78 Å². The summed E-state index contributed by atoms with van der Waals surface area (Å²) >= 11 is 1.52. The predicted molar refractivity (Wildman–Crippen MR) is 117 cm³/mol. The summed E-state index contributed by atoms with van der Waals surface area (Å²) in [6.07, 6.45) is 4.73. The number of nitrogens with zero attached hydrogens (tertiary/aromatic N) is 3. The molecule has 31 heavy (non-hydrogen) atoms. The molecule has 4 aliphatic carbocycles. The van der Waals surface area contributed by atoms with Crippen LogP contribution in [0.3, 0.4) is 0 Å². The molecule has 162 valence electrons. The van der Waals surface area contributed by atoms with Crippen LogP contribution in [0.5, 0.6) is 0 Å².